The molecule has 1 unspecified atom stereocenters. The summed E-state index contributed by atoms with van der Waals surface area (Å²) in [7, 11) is 0. The predicted octanol–water partition coefficient (Wildman–Crippen LogP) is 2.52. The van der Waals surface area contributed by atoms with E-state index < -0.39 is 0 Å². The summed E-state index contributed by atoms with van der Waals surface area (Å²) in [6.45, 7) is 5.17. The van der Waals surface area contributed by atoms with E-state index in [-0.39, 0.29) is 0 Å². The van der Waals surface area contributed by atoms with Gasteiger partial charge in [-0.2, -0.15) is 0 Å². The summed E-state index contributed by atoms with van der Waals surface area (Å²) < 4.78 is 0. The predicted molar refractivity (Wildman–Crippen MR) is 57.7 cm³/mol. The largest absolute Gasteiger partial charge is 0.330 e. The van der Waals surface area contributed by atoms with Gasteiger partial charge in [-0.15, -0.1) is 0 Å². The smallest absolute Gasteiger partial charge is 0.00458 e. The van der Waals surface area contributed by atoms with E-state index in [0.29, 0.717) is 5.92 Å². The number of hydrogen-bond donors (Lipinski definition) is 1. The number of aryl methyl sites for hydroxylation is 1. The van der Waals surface area contributed by atoms with Crippen molar-refractivity contribution in [2.75, 3.05) is 6.54 Å². The molecule has 0 fully saturated rings. The highest BCUT2D eigenvalue weighted by Gasteiger charge is 2.06. The highest BCUT2D eigenvalue weighted by atomic mass is 14.5. The van der Waals surface area contributed by atoms with Crippen LogP contribution in [-0.4, -0.2) is 6.54 Å². The SMILES string of the molecule is CCC(CN)Cc1ccccc1C. The number of benzene rings is 1. The Hall–Kier alpha value is -0.820. The molecular weight excluding hydrogens is 158 g/mol. The fourth-order valence-electron chi connectivity index (χ4n) is 1.54. The molecule has 0 heterocycles. The van der Waals surface area contributed by atoms with Crippen LogP contribution in [-0.2, 0) is 6.42 Å². The molecule has 0 bridgehead atoms. The van der Waals surface area contributed by atoms with E-state index in [4.69, 9.17) is 5.73 Å². The lowest BCUT2D eigenvalue weighted by molar-refractivity contribution is 0.518. The van der Waals surface area contributed by atoms with Crippen molar-refractivity contribution in [2.24, 2.45) is 11.7 Å². The zero-order valence-corrected chi connectivity index (χ0v) is 8.59. The van der Waals surface area contributed by atoms with Gasteiger partial charge in [0, 0.05) is 0 Å². The van der Waals surface area contributed by atoms with Crippen molar-refractivity contribution in [1.29, 1.82) is 0 Å². The van der Waals surface area contributed by atoms with Gasteiger partial charge in [0.2, 0.25) is 0 Å². The first-order valence-corrected chi connectivity index (χ1v) is 5.02. The Morgan fingerprint density at radius 1 is 1.31 bits per heavy atom. The topological polar surface area (TPSA) is 26.0 Å². The van der Waals surface area contributed by atoms with Gasteiger partial charge in [0.1, 0.15) is 0 Å². The van der Waals surface area contributed by atoms with Crippen LogP contribution < -0.4 is 5.73 Å². The van der Waals surface area contributed by atoms with Gasteiger partial charge >= 0.3 is 0 Å². The summed E-state index contributed by atoms with van der Waals surface area (Å²) in [5.41, 5.74) is 8.51. The first kappa shape index (κ1) is 10.3. The van der Waals surface area contributed by atoms with Crippen molar-refractivity contribution in [3.63, 3.8) is 0 Å². The monoisotopic (exact) mass is 177 g/mol. The van der Waals surface area contributed by atoms with E-state index in [0.717, 1.165) is 13.0 Å². The number of nitrogens with two attached hydrogens (primary N) is 1. The normalized spacial score (nSPS) is 12.8. The molecule has 1 atom stereocenters. The summed E-state index contributed by atoms with van der Waals surface area (Å²) in [5, 5.41) is 0. The Kier molecular flexibility index (Phi) is 3.97. The molecule has 2 N–H and O–H groups in total. The van der Waals surface area contributed by atoms with Gasteiger partial charge in [0.15, 0.2) is 0 Å². The highest BCUT2D eigenvalue weighted by Crippen LogP contribution is 2.14. The van der Waals surface area contributed by atoms with Crippen molar-refractivity contribution in [3.05, 3.63) is 35.4 Å². The summed E-state index contributed by atoms with van der Waals surface area (Å²) >= 11 is 0. The minimum Gasteiger partial charge on any atom is -0.330 e. The van der Waals surface area contributed by atoms with Crippen LogP contribution in [0.3, 0.4) is 0 Å². The van der Waals surface area contributed by atoms with E-state index in [1.165, 1.54) is 17.5 Å². The molecule has 0 amide bonds. The maximum atomic E-state index is 5.68. The molecular formula is C12H19N. The second-order valence-corrected chi connectivity index (χ2v) is 3.64. The average Bonchev–Trinajstić information content (AvgIpc) is 2.17. The molecule has 0 aromatic heterocycles. The molecule has 0 aliphatic heterocycles. The van der Waals surface area contributed by atoms with Gasteiger partial charge in [0.05, 0.1) is 0 Å². The zero-order valence-electron chi connectivity index (χ0n) is 8.59. The van der Waals surface area contributed by atoms with Gasteiger partial charge in [-0.3, -0.25) is 0 Å². The molecule has 0 saturated carbocycles. The van der Waals surface area contributed by atoms with Gasteiger partial charge in [-0.1, -0.05) is 37.6 Å². The van der Waals surface area contributed by atoms with Crippen LogP contribution in [0.25, 0.3) is 0 Å². The third kappa shape index (κ3) is 2.85. The molecule has 0 radical (unpaired) electrons. The minimum atomic E-state index is 0.640. The van der Waals surface area contributed by atoms with E-state index >= 15 is 0 Å². The molecule has 0 aliphatic rings. The van der Waals surface area contributed by atoms with Crippen LogP contribution in [0.4, 0.5) is 0 Å². The summed E-state index contributed by atoms with van der Waals surface area (Å²) in [5.74, 6) is 0.640. The molecule has 1 heteroatoms. The minimum absolute atomic E-state index is 0.640. The van der Waals surface area contributed by atoms with Crippen LogP contribution in [0, 0.1) is 12.8 Å². The van der Waals surface area contributed by atoms with Crippen LogP contribution in [0.5, 0.6) is 0 Å². The standard InChI is InChI=1S/C12H19N/c1-3-11(9-13)8-12-7-5-4-6-10(12)2/h4-7,11H,3,8-9,13H2,1-2H3. The molecule has 13 heavy (non-hydrogen) atoms. The van der Waals surface area contributed by atoms with Crippen molar-refractivity contribution in [1.82, 2.24) is 0 Å². The van der Waals surface area contributed by atoms with E-state index in [1.807, 2.05) is 0 Å². The fourth-order valence-corrected chi connectivity index (χ4v) is 1.54. The van der Waals surface area contributed by atoms with Crippen LogP contribution in [0.2, 0.25) is 0 Å². The van der Waals surface area contributed by atoms with Crippen molar-refractivity contribution in [3.8, 4) is 0 Å². The van der Waals surface area contributed by atoms with Crippen molar-refractivity contribution in [2.45, 2.75) is 26.7 Å². The second-order valence-electron chi connectivity index (χ2n) is 3.64. The lowest BCUT2D eigenvalue weighted by Crippen LogP contribution is -2.16. The second kappa shape index (κ2) is 5.03. The molecule has 0 aliphatic carbocycles. The molecule has 0 saturated heterocycles. The number of rotatable bonds is 4. The van der Waals surface area contributed by atoms with Crippen LogP contribution >= 0.6 is 0 Å². The van der Waals surface area contributed by atoms with Crippen molar-refractivity contribution < 1.29 is 0 Å². The third-order valence-corrected chi connectivity index (χ3v) is 2.68. The highest BCUT2D eigenvalue weighted by molar-refractivity contribution is 5.25. The Bertz CT molecular complexity index is 251. The van der Waals surface area contributed by atoms with E-state index in [2.05, 4.69) is 38.1 Å². The maximum Gasteiger partial charge on any atom is -0.00458 e. The van der Waals surface area contributed by atoms with Crippen LogP contribution in [0.15, 0.2) is 24.3 Å². The Labute approximate surface area is 81.0 Å². The molecule has 0 spiro atoms. The lowest BCUT2D eigenvalue weighted by atomic mass is 9.94. The average molecular weight is 177 g/mol. The summed E-state index contributed by atoms with van der Waals surface area (Å²) in [4.78, 5) is 0. The molecule has 1 aromatic carbocycles. The van der Waals surface area contributed by atoms with Crippen LogP contribution in [0.1, 0.15) is 24.5 Å². The Morgan fingerprint density at radius 2 is 2.00 bits per heavy atom. The zero-order chi connectivity index (χ0) is 9.68. The molecule has 1 nitrogen and oxygen atoms in total. The fraction of sp³-hybridized carbons (Fsp3) is 0.500. The van der Waals surface area contributed by atoms with Gasteiger partial charge in [-0.25, -0.2) is 0 Å². The number of hydrogen-bond acceptors (Lipinski definition) is 1. The summed E-state index contributed by atoms with van der Waals surface area (Å²) in [6, 6.07) is 8.56. The first-order valence-electron chi connectivity index (χ1n) is 5.02. The van der Waals surface area contributed by atoms with Gasteiger partial charge in [-0.05, 0) is 36.9 Å². The lowest BCUT2D eigenvalue weighted by Gasteiger charge is -2.13. The summed E-state index contributed by atoms with van der Waals surface area (Å²) in [6.07, 6.45) is 2.30. The Morgan fingerprint density at radius 3 is 2.54 bits per heavy atom. The molecule has 1 aromatic rings. The first-order chi connectivity index (χ1) is 6.27. The molecule has 72 valence electrons. The van der Waals surface area contributed by atoms with E-state index in [9.17, 15) is 0 Å². The maximum absolute atomic E-state index is 5.68. The Balaban J connectivity index is 2.67. The quantitative estimate of drug-likeness (QED) is 0.751. The van der Waals surface area contributed by atoms with Gasteiger partial charge in [0.25, 0.3) is 0 Å². The van der Waals surface area contributed by atoms with Crippen molar-refractivity contribution >= 4 is 0 Å². The molecule has 1 rings (SSSR count). The van der Waals surface area contributed by atoms with Gasteiger partial charge < -0.3 is 5.73 Å². The van der Waals surface area contributed by atoms with E-state index in [1.54, 1.807) is 0 Å². The third-order valence-electron chi connectivity index (χ3n) is 2.68.